The van der Waals surface area contributed by atoms with Gasteiger partial charge in [-0.25, -0.2) is 0 Å². The van der Waals surface area contributed by atoms with Gasteiger partial charge in [0.05, 0.1) is 25.4 Å². The second-order valence-electron chi connectivity index (χ2n) is 4.25. The molecule has 3 nitrogen and oxygen atoms in total. The summed E-state index contributed by atoms with van der Waals surface area (Å²) in [5, 5.41) is 13.9. The van der Waals surface area contributed by atoms with Gasteiger partial charge in [-0.05, 0) is 25.5 Å². The highest BCUT2D eigenvalue weighted by Gasteiger charge is 2.31. The van der Waals surface area contributed by atoms with E-state index in [1.54, 1.807) is 0 Å². The Morgan fingerprint density at radius 2 is 2.21 bits per heavy atom. The molecule has 0 aromatic rings. The lowest BCUT2D eigenvalue weighted by Crippen LogP contribution is -2.44. The zero-order valence-corrected chi connectivity index (χ0v) is 9.43. The number of aliphatic hydroxyl groups excluding tert-OH is 1. The zero-order chi connectivity index (χ0) is 9.97. The van der Waals surface area contributed by atoms with Crippen molar-refractivity contribution in [3.05, 3.63) is 0 Å². The number of hydrogen-bond acceptors (Lipinski definition) is 4. The molecule has 0 aromatic carbocycles. The van der Waals surface area contributed by atoms with Crippen LogP contribution in [0.3, 0.4) is 0 Å². The fraction of sp³-hybridized carbons (Fsp3) is 1.00. The van der Waals surface area contributed by atoms with Crippen LogP contribution in [-0.2, 0) is 4.74 Å². The van der Waals surface area contributed by atoms with Gasteiger partial charge in [0.1, 0.15) is 0 Å². The Hall–Kier alpha value is 0.230. The number of ether oxygens (including phenoxy) is 1. The topological polar surface area (TPSA) is 41.5 Å². The molecule has 82 valence electrons. The highest BCUT2D eigenvalue weighted by molar-refractivity contribution is 7.99. The molecule has 0 radical (unpaired) electrons. The summed E-state index contributed by atoms with van der Waals surface area (Å²) in [6, 6.07) is 0.759. The van der Waals surface area contributed by atoms with Gasteiger partial charge in [-0.2, -0.15) is 11.8 Å². The van der Waals surface area contributed by atoms with E-state index in [0.717, 1.165) is 5.25 Å². The van der Waals surface area contributed by atoms with Crippen LogP contribution in [0, 0.1) is 0 Å². The molecule has 1 saturated heterocycles. The first kappa shape index (κ1) is 10.7. The molecule has 4 unspecified atom stereocenters. The molecule has 2 rings (SSSR count). The van der Waals surface area contributed by atoms with Gasteiger partial charge >= 0.3 is 0 Å². The molecule has 4 atom stereocenters. The highest BCUT2D eigenvalue weighted by atomic mass is 32.2. The maximum atomic E-state index is 9.58. The molecule has 14 heavy (non-hydrogen) atoms. The van der Waals surface area contributed by atoms with Gasteiger partial charge in [-0.15, -0.1) is 0 Å². The lowest BCUT2D eigenvalue weighted by atomic mass is 10.1. The SMILES string of the molecule is CSC1CCC(NC2COCC2O)C1. The van der Waals surface area contributed by atoms with E-state index in [4.69, 9.17) is 4.74 Å². The zero-order valence-electron chi connectivity index (χ0n) is 8.61. The van der Waals surface area contributed by atoms with Crippen molar-refractivity contribution in [2.75, 3.05) is 19.5 Å². The van der Waals surface area contributed by atoms with Crippen molar-refractivity contribution in [1.29, 1.82) is 0 Å². The minimum Gasteiger partial charge on any atom is -0.389 e. The van der Waals surface area contributed by atoms with Gasteiger partial charge < -0.3 is 15.2 Å². The summed E-state index contributed by atoms with van der Waals surface area (Å²) in [5.41, 5.74) is 0. The van der Waals surface area contributed by atoms with Gasteiger partial charge in [-0.3, -0.25) is 0 Å². The summed E-state index contributed by atoms with van der Waals surface area (Å²) in [4.78, 5) is 0. The van der Waals surface area contributed by atoms with E-state index in [9.17, 15) is 5.11 Å². The van der Waals surface area contributed by atoms with E-state index < -0.39 is 0 Å². The number of hydrogen-bond donors (Lipinski definition) is 2. The second kappa shape index (κ2) is 4.84. The number of rotatable bonds is 3. The molecular formula is C10H19NO2S. The van der Waals surface area contributed by atoms with Gasteiger partial charge in [-0.1, -0.05) is 0 Å². The van der Waals surface area contributed by atoms with Crippen molar-refractivity contribution >= 4 is 11.8 Å². The largest absolute Gasteiger partial charge is 0.389 e. The molecule has 1 saturated carbocycles. The number of nitrogens with one attached hydrogen (secondary N) is 1. The van der Waals surface area contributed by atoms with Crippen LogP contribution in [0.4, 0.5) is 0 Å². The minimum absolute atomic E-state index is 0.167. The lowest BCUT2D eigenvalue weighted by molar-refractivity contribution is 0.121. The Morgan fingerprint density at radius 3 is 2.79 bits per heavy atom. The first-order valence-corrected chi connectivity index (χ1v) is 6.63. The van der Waals surface area contributed by atoms with Crippen molar-refractivity contribution in [3.8, 4) is 0 Å². The number of aliphatic hydroxyl groups is 1. The average Bonchev–Trinajstić information content (AvgIpc) is 2.77. The molecule has 2 aliphatic rings. The molecule has 2 fully saturated rings. The molecule has 2 N–H and O–H groups in total. The van der Waals surface area contributed by atoms with E-state index in [1.807, 2.05) is 11.8 Å². The molecule has 0 aromatic heterocycles. The molecular weight excluding hydrogens is 198 g/mol. The minimum atomic E-state index is -0.302. The monoisotopic (exact) mass is 217 g/mol. The lowest BCUT2D eigenvalue weighted by Gasteiger charge is -2.20. The molecule has 1 aliphatic heterocycles. The molecule has 4 heteroatoms. The van der Waals surface area contributed by atoms with Crippen molar-refractivity contribution in [3.63, 3.8) is 0 Å². The van der Waals surface area contributed by atoms with E-state index in [0.29, 0.717) is 19.3 Å². The van der Waals surface area contributed by atoms with Crippen LogP contribution >= 0.6 is 11.8 Å². The van der Waals surface area contributed by atoms with E-state index in [-0.39, 0.29) is 12.1 Å². The molecule has 1 heterocycles. The quantitative estimate of drug-likeness (QED) is 0.727. The van der Waals surface area contributed by atoms with Crippen molar-refractivity contribution in [2.45, 2.75) is 42.7 Å². The Labute approximate surface area is 89.6 Å². The van der Waals surface area contributed by atoms with Crippen LogP contribution in [0.1, 0.15) is 19.3 Å². The summed E-state index contributed by atoms with van der Waals surface area (Å²) in [6.45, 7) is 1.16. The molecule has 0 amide bonds. The van der Waals surface area contributed by atoms with E-state index >= 15 is 0 Å². The predicted molar refractivity (Wildman–Crippen MR) is 58.7 cm³/mol. The molecule has 0 bridgehead atoms. The smallest absolute Gasteiger partial charge is 0.0948 e. The second-order valence-corrected chi connectivity index (χ2v) is 5.38. The van der Waals surface area contributed by atoms with Crippen LogP contribution in [0.5, 0.6) is 0 Å². The summed E-state index contributed by atoms with van der Waals surface area (Å²) >= 11 is 1.96. The summed E-state index contributed by atoms with van der Waals surface area (Å²) in [7, 11) is 0. The third-order valence-corrected chi connectivity index (χ3v) is 4.31. The van der Waals surface area contributed by atoms with Crippen LogP contribution in [-0.4, -0.2) is 48.0 Å². The van der Waals surface area contributed by atoms with Gasteiger partial charge in [0.2, 0.25) is 0 Å². The third-order valence-electron chi connectivity index (χ3n) is 3.22. The van der Waals surface area contributed by atoms with Gasteiger partial charge in [0.25, 0.3) is 0 Å². The van der Waals surface area contributed by atoms with Crippen LogP contribution in [0.2, 0.25) is 0 Å². The maximum absolute atomic E-state index is 9.58. The predicted octanol–water partition coefficient (Wildman–Crippen LogP) is 0.620. The average molecular weight is 217 g/mol. The first-order valence-electron chi connectivity index (χ1n) is 5.34. The summed E-state index contributed by atoms with van der Waals surface area (Å²) < 4.78 is 5.22. The Balaban J connectivity index is 1.75. The van der Waals surface area contributed by atoms with Gasteiger partial charge in [0, 0.05) is 11.3 Å². The normalized spacial score (nSPS) is 43.3. The fourth-order valence-corrected chi connectivity index (χ4v) is 3.11. The number of thioether (sulfide) groups is 1. The fourth-order valence-electron chi connectivity index (χ4n) is 2.31. The van der Waals surface area contributed by atoms with Gasteiger partial charge in [0.15, 0.2) is 0 Å². The van der Waals surface area contributed by atoms with E-state index in [2.05, 4.69) is 11.6 Å². The van der Waals surface area contributed by atoms with Crippen molar-refractivity contribution < 1.29 is 9.84 Å². The standard InChI is InChI=1S/C10H19NO2S/c1-14-8-3-2-7(4-8)11-9-5-13-6-10(9)12/h7-12H,2-6H2,1H3. The first-order chi connectivity index (χ1) is 6.79. The molecule has 0 spiro atoms. The summed E-state index contributed by atoms with van der Waals surface area (Å²) in [6.07, 6.45) is 5.67. The van der Waals surface area contributed by atoms with Crippen LogP contribution in [0.15, 0.2) is 0 Å². The van der Waals surface area contributed by atoms with Crippen LogP contribution < -0.4 is 5.32 Å². The van der Waals surface area contributed by atoms with Crippen LogP contribution in [0.25, 0.3) is 0 Å². The Morgan fingerprint density at radius 1 is 1.36 bits per heavy atom. The molecule has 1 aliphatic carbocycles. The maximum Gasteiger partial charge on any atom is 0.0948 e. The van der Waals surface area contributed by atoms with Crippen molar-refractivity contribution in [2.24, 2.45) is 0 Å². The summed E-state index contributed by atoms with van der Waals surface area (Å²) in [5.74, 6) is 0. The van der Waals surface area contributed by atoms with E-state index in [1.165, 1.54) is 19.3 Å². The third kappa shape index (κ3) is 2.42. The van der Waals surface area contributed by atoms with Crippen molar-refractivity contribution in [1.82, 2.24) is 5.32 Å². The Bertz CT molecular complexity index is 191. The highest BCUT2D eigenvalue weighted by Crippen LogP contribution is 2.28. The Kier molecular flexibility index (Phi) is 3.71.